The number of hydrogen-bond donors (Lipinski definition) is 0. The first-order chi connectivity index (χ1) is 12.2. The van der Waals surface area contributed by atoms with Gasteiger partial charge in [0.1, 0.15) is 12.3 Å². The number of ether oxygens (including phenoxy) is 1. The lowest BCUT2D eigenvalue weighted by Crippen LogP contribution is -2.38. The Morgan fingerprint density at radius 3 is 2.19 bits per heavy atom. The second-order valence-electron chi connectivity index (χ2n) is 6.67. The van der Waals surface area contributed by atoms with E-state index in [-0.39, 0.29) is 11.3 Å². The van der Waals surface area contributed by atoms with Crippen LogP contribution < -0.4 is 0 Å². The van der Waals surface area contributed by atoms with Crippen LogP contribution in [0.5, 0.6) is 0 Å². The molecule has 1 aliphatic rings. The Hall–Kier alpha value is -2.47. The molecule has 2 aromatic rings. The average molecular weight is 374 g/mol. The van der Waals surface area contributed by atoms with E-state index in [1.165, 1.54) is 12.1 Å². The molecule has 26 heavy (non-hydrogen) atoms. The zero-order chi connectivity index (χ0) is 18.9. The van der Waals surface area contributed by atoms with Crippen LogP contribution in [0.25, 0.3) is 11.1 Å². The van der Waals surface area contributed by atoms with Gasteiger partial charge in [-0.05, 0) is 35.8 Å². The van der Waals surface area contributed by atoms with Crippen LogP contribution in [-0.2, 0) is 19.4 Å². The Morgan fingerprint density at radius 1 is 1.04 bits per heavy atom. The third kappa shape index (κ3) is 3.55. The van der Waals surface area contributed by atoms with Crippen molar-refractivity contribution in [1.82, 2.24) is 0 Å². The lowest BCUT2D eigenvalue weighted by atomic mass is 9.84. The van der Waals surface area contributed by atoms with E-state index < -0.39 is 28.1 Å². The Kier molecular flexibility index (Phi) is 4.71. The SMILES string of the molecule is CC1(CF)CC(c2ccc(S(C)(=O)=O)cc2)=C(c2ccccc2)C(=O)O1. The molecule has 6 heteroatoms. The summed E-state index contributed by atoms with van der Waals surface area (Å²) in [5.41, 5.74) is 1.14. The Bertz CT molecular complexity index is 963. The Morgan fingerprint density at radius 2 is 1.65 bits per heavy atom. The molecule has 1 unspecified atom stereocenters. The summed E-state index contributed by atoms with van der Waals surface area (Å²) in [6, 6.07) is 15.3. The highest BCUT2D eigenvalue weighted by Gasteiger charge is 2.39. The van der Waals surface area contributed by atoms with Crippen molar-refractivity contribution >= 4 is 27.0 Å². The van der Waals surface area contributed by atoms with Crippen molar-refractivity contribution in [2.45, 2.75) is 23.8 Å². The van der Waals surface area contributed by atoms with Gasteiger partial charge in [-0.25, -0.2) is 17.6 Å². The zero-order valence-corrected chi connectivity index (χ0v) is 15.3. The van der Waals surface area contributed by atoms with E-state index in [0.717, 1.165) is 6.26 Å². The van der Waals surface area contributed by atoms with Crippen LogP contribution in [0.4, 0.5) is 4.39 Å². The summed E-state index contributed by atoms with van der Waals surface area (Å²) in [6.45, 7) is 0.753. The lowest BCUT2D eigenvalue weighted by Gasteiger charge is -2.34. The van der Waals surface area contributed by atoms with Gasteiger partial charge in [-0.3, -0.25) is 0 Å². The summed E-state index contributed by atoms with van der Waals surface area (Å²) in [4.78, 5) is 12.8. The quantitative estimate of drug-likeness (QED) is 0.766. The zero-order valence-electron chi connectivity index (χ0n) is 14.5. The van der Waals surface area contributed by atoms with Gasteiger partial charge in [-0.2, -0.15) is 0 Å². The molecule has 2 aromatic carbocycles. The van der Waals surface area contributed by atoms with Gasteiger partial charge in [0.2, 0.25) is 0 Å². The highest BCUT2D eigenvalue weighted by Crippen LogP contribution is 2.40. The second-order valence-corrected chi connectivity index (χ2v) is 8.68. The number of carbonyl (C=O) groups excluding carboxylic acids is 1. The summed E-state index contributed by atoms with van der Waals surface area (Å²) < 4.78 is 42.2. The van der Waals surface area contributed by atoms with E-state index in [9.17, 15) is 17.6 Å². The van der Waals surface area contributed by atoms with Crippen molar-refractivity contribution in [3.8, 4) is 0 Å². The van der Waals surface area contributed by atoms with E-state index in [4.69, 9.17) is 4.74 Å². The molecule has 0 N–H and O–H groups in total. The lowest BCUT2D eigenvalue weighted by molar-refractivity contribution is -0.152. The third-order valence-corrected chi connectivity index (χ3v) is 5.50. The average Bonchev–Trinajstić information content (AvgIpc) is 2.61. The number of halogens is 1. The highest BCUT2D eigenvalue weighted by molar-refractivity contribution is 7.90. The maximum atomic E-state index is 13.5. The topological polar surface area (TPSA) is 60.4 Å². The first-order valence-electron chi connectivity index (χ1n) is 8.12. The van der Waals surface area contributed by atoms with Gasteiger partial charge in [0.15, 0.2) is 9.84 Å². The number of carbonyl (C=O) groups is 1. The van der Waals surface area contributed by atoms with E-state index in [0.29, 0.717) is 22.3 Å². The monoisotopic (exact) mass is 374 g/mol. The number of alkyl halides is 1. The fourth-order valence-electron chi connectivity index (χ4n) is 3.02. The summed E-state index contributed by atoms with van der Waals surface area (Å²) in [5, 5.41) is 0. The van der Waals surface area contributed by atoms with Crippen LogP contribution in [0, 0.1) is 0 Å². The summed E-state index contributed by atoms with van der Waals surface area (Å²) >= 11 is 0. The van der Waals surface area contributed by atoms with Crippen molar-refractivity contribution < 1.29 is 22.3 Å². The minimum Gasteiger partial charge on any atom is -0.453 e. The van der Waals surface area contributed by atoms with Gasteiger partial charge in [0.05, 0.1) is 10.5 Å². The van der Waals surface area contributed by atoms with Crippen LogP contribution in [0.15, 0.2) is 59.5 Å². The fourth-order valence-corrected chi connectivity index (χ4v) is 3.65. The minimum absolute atomic E-state index is 0.190. The van der Waals surface area contributed by atoms with E-state index in [1.807, 2.05) is 18.2 Å². The number of rotatable bonds is 4. The smallest absolute Gasteiger partial charge is 0.339 e. The summed E-state index contributed by atoms with van der Waals surface area (Å²) in [5.74, 6) is -0.579. The maximum absolute atomic E-state index is 13.5. The predicted octanol–water partition coefficient (Wildman–Crippen LogP) is 3.68. The van der Waals surface area contributed by atoms with Gasteiger partial charge in [0.25, 0.3) is 0 Å². The molecule has 0 aliphatic carbocycles. The summed E-state index contributed by atoms with van der Waals surface area (Å²) in [7, 11) is -3.32. The number of hydrogen-bond acceptors (Lipinski definition) is 4. The van der Waals surface area contributed by atoms with Gasteiger partial charge in [-0.1, -0.05) is 42.5 Å². The maximum Gasteiger partial charge on any atom is 0.339 e. The van der Waals surface area contributed by atoms with Crippen molar-refractivity contribution in [2.75, 3.05) is 12.9 Å². The normalized spacial score (nSPS) is 20.8. The van der Waals surface area contributed by atoms with Crippen LogP contribution >= 0.6 is 0 Å². The molecule has 0 amide bonds. The predicted molar refractivity (Wildman–Crippen MR) is 97.9 cm³/mol. The molecule has 3 rings (SSSR count). The van der Waals surface area contributed by atoms with E-state index in [1.54, 1.807) is 31.2 Å². The van der Waals surface area contributed by atoms with Crippen LogP contribution in [0.2, 0.25) is 0 Å². The molecule has 0 saturated heterocycles. The molecule has 0 radical (unpaired) electrons. The number of benzene rings is 2. The fraction of sp³-hybridized carbons (Fsp3) is 0.250. The molecule has 0 saturated carbocycles. The van der Waals surface area contributed by atoms with Crippen molar-refractivity contribution in [3.05, 3.63) is 65.7 Å². The molecule has 0 aromatic heterocycles. The molecule has 0 spiro atoms. The molecule has 0 bridgehead atoms. The third-order valence-electron chi connectivity index (χ3n) is 4.37. The molecule has 0 fully saturated rings. The standard InChI is InChI=1S/C20H19FO4S/c1-20(13-21)12-17(14-8-10-16(11-9-14)26(2,23)24)18(19(22)25-20)15-6-4-3-5-7-15/h3-11H,12-13H2,1-2H3. The summed E-state index contributed by atoms with van der Waals surface area (Å²) in [6.07, 6.45) is 1.34. The molecular weight excluding hydrogens is 355 g/mol. The Balaban J connectivity index is 2.18. The number of cyclic esters (lactones) is 1. The Labute approximate surface area is 152 Å². The second kappa shape index (κ2) is 6.68. The van der Waals surface area contributed by atoms with Gasteiger partial charge >= 0.3 is 5.97 Å². The highest BCUT2D eigenvalue weighted by atomic mass is 32.2. The largest absolute Gasteiger partial charge is 0.453 e. The van der Waals surface area contributed by atoms with E-state index in [2.05, 4.69) is 0 Å². The minimum atomic E-state index is -3.32. The molecular formula is C20H19FO4S. The van der Waals surface area contributed by atoms with Crippen molar-refractivity contribution in [2.24, 2.45) is 0 Å². The van der Waals surface area contributed by atoms with Crippen LogP contribution in [-0.4, -0.2) is 32.9 Å². The molecule has 1 heterocycles. The molecule has 136 valence electrons. The van der Waals surface area contributed by atoms with Crippen molar-refractivity contribution in [3.63, 3.8) is 0 Å². The first-order valence-corrected chi connectivity index (χ1v) is 10.0. The number of esters is 1. The van der Waals surface area contributed by atoms with Crippen molar-refractivity contribution in [1.29, 1.82) is 0 Å². The number of sulfone groups is 1. The molecule has 4 nitrogen and oxygen atoms in total. The van der Waals surface area contributed by atoms with Crippen LogP contribution in [0.3, 0.4) is 0 Å². The van der Waals surface area contributed by atoms with E-state index >= 15 is 0 Å². The molecule has 1 atom stereocenters. The first kappa shape index (κ1) is 18.3. The van der Waals surface area contributed by atoms with Gasteiger partial charge in [0, 0.05) is 12.7 Å². The molecule has 1 aliphatic heterocycles. The van der Waals surface area contributed by atoms with Gasteiger partial charge in [-0.15, -0.1) is 0 Å². The van der Waals surface area contributed by atoms with Crippen LogP contribution in [0.1, 0.15) is 24.5 Å². The van der Waals surface area contributed by atoms with Gasteiger partial charge < -0.3 is 4.74 Å².